The van der Waals surface area contributed by atoms with E-state index in [1.807, 2.05) is 44.0 Å². The third-order valence-electron chi connectivity index (χ3n) is 5.89. The van der Waals surface area contributed by atoms with Gasteiger partial charge in [0.15, 0.2) is 0 Å². The number of carboxylic acids is 1. The summed E-state index contributed by atoms with van der Waals surface area (Å²) >= 11 is 0. The van der Waals surface area contributed by atoms with Crippen LogP contribution in [0, 0.1) is 11.8 Å². The Morgan fingerprint density at radius 2 is 2.17 bits per heavy atom. The molecule has 29 heavy (non-hydrogen) atoms. The maximum absolute atomic E-state index is 13.5. The zero-order valence-electron chi connectivity index (χ0n) is 17.4. The van der Waals surface area contributed by atoms with E-state index >= 15 is 0 Å². The van der Waals surface area contributed by atoms with Crippen molar-refractivity contribution in [3.8, 4) is 0 Å². The van der Waals surface area contributed by atoms with Crippen molar-refractivity contribution in [2.45, 2.75) is 44.8 Å². The molecule has 1 amide bonds. The number of hydrogen-bond donors (Lipinski definition) is 1. The van der Waals surface area contributed by atoms with Crippen LogP contribution in [0.1, 0.15) is 43.9 Å². The standard InChI is InChI=1S/C22H29N3O4/c1-15(2)10-22(21(27)28)11-18(19(25(22)4)17-6-5-8-23-12-17)20(26)24(3)13-16-7-9-29-14-16/h5-9,12,14-15,18-19H,10-11,13H2,1-4H3,(H,27,28)/t18-,19-,22-/m1/s1. The van der Waals surface area contributed by atoms with Gasteiger partial charge in [0.2, 0.25) is 5.91 Å². The van der Waals surface area contributed by atoms with Crippen LogP contribution in [0.4, 0.5) is 0 Å². The highest BCUT2D eigenvalue weighted by Gasteiger charge is 2.57. The summed E-state index contributed by atoms with van der Waals surface area (Å²) in [7, 11) is 3.57. The summed E-state index contributed by atoms with van der Waals surface area (Å²) in [6, 6.07) is 5.21. The Labute approximate surface area is 171 Å². The van der Waals surface area contributed by atoms with Crippen LogP contribution in [0.25, 0.3) is 0 Å². The average molecular weight is 399 g/mol. The monoisotopic (exact) mass is 399 g/mol. The number of likely N-dealkylation sites (tertiary alicyclic amines) is 1. The van der Waals surface area contributed by atoms with E-state index in [1.165, 1.54) is 0 Å². The van der Waals surface area contributed by atoms with Crippen LogP contribution in [0.5, 0.6) is 0 Å². The van der Waals surface area contributed by atoms with Crippen molar-refractivity contribution in [1.29, 1.82) is 0 Å². The summed E-state index contributed by atoms with van der Waals surface area (Å²) in [5.74, 6) is -1.24. The summed E-state index contributed by atoms with van der Waals surface area (Å²) in [5.41, 5.74) is 0.666. The number of pyridine rings is 1. The molecule has 3 rings (SSSR count). The Kier molecular flexibility index (Phi) is 6.07. The van der Waals surface area contributed by atoms with Gasteiger partial charge in [0.25, 0.3) is 0 Å². The van der Waals surface area contributed by atoms with Crippen molar-refractivity contribution in [2.75, 3.05) is 14.1 Å². The van der Waals surface area contributed by atoms with Gasteiger partial charge in [0.05, 0.1) is 18.4 Å². The van der Waals surface area contributed by atoms with Crippen molar-refractivity contribution >= 4 is 11.9 Å². The molecule has 1 fully saturated rings. The van der Waals surface area contributed by atoms with Gasteiger partial charge in [0, 0.05) is 37.6 Å². The smallest absolute Gasteiger partial charge is 0.324 e. The Morgan fingerprint density at radius 1 is 1.41 bits per heavy atom. The SMILES string of the molecule is CC(C)C[C@]1(C(=O)O)C[C@@H](C(=O)N(C)Cc2ccoc2)[C@@H](c2cccnc2)N1C. The van der Waals surface area contributed by atoms with Gasteiger partial charge in [-0.05, 0) is 43.5 Å². The molecule has 1 saturated heterocycles. The predicted molar refractivity (Wildman–Crippen MR) is 108 cm³/mol. The number of carbonyl (C=O) groups excluding carboxylic acids is 1. The second kappa shape index (κ2) is 8.37. The lowest BCUT2D eigenvalue weighted by molar-refractivity contribution is -0.151. The quantitative estimate of drug-likeness (QED) is 0.769. The van der Waals surface area contributed by atoms with E-state index in [2.05, 4.69) is 4.98 Å². The highest BCUT2D eigenvalue weighted by molar-refractivity contribution is 5.85. The maximum Gasteiger partial charge on any atom is 0.324 e. The fourth-order valence-electron chi connectivity index (χ4n) is 4.63. The van der Waals surface area contributed by atoms with E-state index in [9.17, 15) is 14.7 Å². The molecule has 0 unspecified atom stereocenters. The number of nitrogens with zero attached hydrogens (tertiary/aromatic N) is 3. The topological polar surface area (TPSA) is 86.9 Å². The van der Waals surface area contributed by atoms with Crippen molar-refractivity contribution in [3.05, 3.63) is 54.2 Å². The molecule has 0 saturated carbocycles. The highest BCUT2D eigenvalue weighted by atomic mass is 16.4. The van der Waals surface area contributed by atoms with Crippen LogP contribution >= 0.6 is 0 Å². The van der Waals surface area contributed by atoms with Gasteiger partial charge in [-0.1, -0.05) is 19.9 Å². The molecule has 156 valence electrons. The molecular weight excluding hydrogens is 370 g/mol. The lowest BCUT2D eigenvalue weighted by Crippen LogP contribution is -2.50. The van der Waals surface area contributed by atoms with E-state index in [0.717, 1.165) is 11.1 Å². The largest absolute Gasteiger partial charge is 0.480 e. The van der Waals surface area contributed by atoms with E-state index in [0.29, 0.717) is 13.0 Å². The minimum Gasteiger partial charge on any atom is -0.480 e. The summed E-state index contributed by atoms with van der Waals surface area (Å²) in [4.78, 5) is 33.6. The van der Waals surface area contributed by atoms with Crippen molar-refractivity contribution < 1.29 is 19.1 Å². The molecule has 2 aromatic heterocycles. The predicted octanol–water partition coefficient (Wildman–Crippen LogP) is 3.20. The number of hydrogen-bond acceptors (Lipinski definition) is 5. The normalized spacial score (nSPS) is 24.7. The van der Waals surface area contributed by atoms with E-state index < -0.39 is 17.4 Å². The third kappa shape index (κ3) is 4.05. The lowest BCUT2D eigenvalue weighted by atomic mass is 9.83. The number of likely N-dealkylation sites (N-methyl/N-ethyl adjacent to an activating group) is 1. The van der Waals surface area contributed by atoms with Gasteiger partial charge in [-0.15, -0.1) is 0 Å². The molecule has 0 aliphatic carbocycles. The summed E-state index contributed by atoms with van der Waals surface area (Å²) in [6.07, 6.45) is 7.34. The van der Waals surface area contributed by atoms with Crippen LogP contribution in [0.3, 0.4) is 0 Å². The van der Waals surface area contributed by atoms with E-state index in [-0.39, 0.29) is 24.3 Å². The minimum atomic E-state index is -1.09. The van der Waals surface area contributed by atoms with Gasteiger partial charge >= 0.3 is 5.97 Å². The van der Waals surface area contributed by atoms with Crippen molar-refractivity contribution in [3.63, 3.8) is 0 Å². The molecule has 1 N–H and O–H groups in total. The number of aliphatic carboxylic acids is 1. The fraction of sp³-hybridized carbons (Fsp3) is 0.500. The van der Waals surface area contributed by atoms with Gasteiger partial charge in [-0.25, -0.2) is 0 Å². The zero-order chi connectivity index (χ0) is 21.2. The first-order valence-electron chi connectivity index (χ1n) is 9.88. The number of carboxylic acid groups (broad SMARTS) is 1. The van der Waals surface area contributed by atoms with Crippen LogP contribution in [0.2, 0.25) is 0 Å². The van der Waals surface area contributed by atoms with Crippen molar-refractivity contribution in [2.24, 2.45) is 11.8 Å². The maximum atomic E-state index is 13.5. The molecule has 7 heteroatoms. The Hall–Kier alpha value is -2.67. The average Bonchev–Trinajstić information content (AvgIpc) is 3.28. The first kappa shape index (κ1) is 21.0. The number of carbonyl (C=O) groups is 2. The van der Waals surface area contributed by atoms with Crippen molar-refractivity contribution in [1.82, 2.24) is 14.8 Å². The van der Waals surface area contributed by atoms with Gasteiger partial charge in [0.1, 0.15) is 5.54 Å². The summed E-state index contributed by atoms with van der Waals surface area (Å²) < 4.78 is 5.10. The van der Waals surface area contributed by atoms with E-state index in [1.54, 1.807) is 36.9 Å². The molecule has 7 nitrogen and oxygen atoms in total. The second-order valence-corrected chi connectivity index (χ2v) is 8.41. The van der Waals surface area contributed by atoms with Crippen LogP contribution < -0.4 is 0 Å². The molecule has 2 aromatic rings. The van der Waals surface area contributed by atoms with Gasteiger partial charge in [-0.3, -0.25) is 19.5 Å². The van der Waals surface area contributed by atoms with Crippen LogP contribution in [-0.2, 0) is 16.1 Å². The zero-order valence-corrected chi connectivity index (χ0v) is 17.4. The molecule has 1 aliphatic heterocycles. The van der Waals surface area contributed by atoms with Gasteiger partial charge in [-0.2, -0.15) is 0 Å². The van der Waals surface area contributed by atoms with Gasteiger partial charge < -0.3 is 14.4 Å². The Balaban J connectivity index is 1.97. The molecule has 3 heterocycles. The molecule has 0 radical (unpaired) electrons. The number of aromatic nitrogens is 1. The number of furan rings is 1. The molecule has 0 bridgehead atoms. The second-order valence-electron chi connectivity index (χ2n) is 8.41. The minimum absolute atomic E-state index is 0.0706. The summed E-state index contributed by atoms with van der Waals surface area (Å²) in [6.45, 7) is 4.44. The lowest BCUT2D eigenvalue weighted by Gasteiger charge is -2.36. The number of rotatable bonds is 7. The Morgan fingerprint density at radius 3 is 2.72 bits per heavy atom. The highest BCUT2D eigenvalue weighted by Crippen LogP contribution is 2.49. The fourth-order valence-corrected chi connectivity index (χ4v) is 4.63. The van der Waals surface area contributed by atoms with E-state index in [4.69, 9.17) is 4.42 Å². The molecule has 3 atom stereocenters. The first-order chi connectivity index (χ1) is 13.8. The summed E-state index contributed by atoms with van der Waals surface area (Å²) in [5, 5.41) is 10.2. The molecule has 1 aliphatic rings. The number of amides is 1. The molecule has 0 spiro atoms. The Bertz CT molecular complexity index is 837. The molecule has 0 aromatic carbocycles. The van der Waals surface area contributed by atoms with Crippen LogP contribution in [-0.4, -0.2) is 51.4 Å². The first-order valence-corrected chi connectivity index (χ1v) is 9.88. The molecular formula is C22H29N3O4. The van der Waals surface area contributed by atoms with Crippen LogP contribution in [0.15, 0.2) is 47.5 Å². The third-order valence-corrected chi connectivity index (χ3v) is 5.89.